The SMILES string of the molecule is Cc1ccc(C(=O)CCCNC(=O)COCCOCCCC(=O)CCC(C)C(=O)O)cc1. The molecule has 0 bridgehead atoms. The molecular weight excluding hydrogens is 414 g/mol. The molecule has 2 N–H and O–H groups in total. The van der Waals surface area contributed by atoms with Crippen molar-refractivity contribution in [3.05, 3.63) is 35.4 Å². The van der Waals surface area contributed by atoms with Crippen molar-refractivity contribution in [2.75, 3.05) is 33.0 Å². The van der Waals surface area contributed by atoms with Gasteiger partial charge in [-0.2, -0.15) is 0 Å². The van der Waals surface area contributed by atoms with Crippen molar-refractivity contribution in [3.63, 3.8) is 0 Å². The number of Topliss-reactive ketones (excluding diaryl/α,β-unsaturated/α-hetero) is 2. The van der Waals surface area contributed by atoms with Crippen LogP contribution in [0.15, 0.2) is 24.3 Å². The number of ketones is 2. The molecule has 0 aliphatic carbocycles. The number of aryl methyl sites for hydroxylation is 1. The largest absolute Gasteiger partial charge is 0.481 e. The standard InChI is InChI=1S/C24H35NO7/c1-18-7-10-20(11-8-18)22(27)6-3-13-25-23(28)17-32-16-15-31-14-4-5-21(26)12-9-19(2)24(29)30/h7-8,10-11,19H,3-6,9,12-17H2,1-2H3,(H,25,28)(H,29,30). The molecule has 0 aromatic heterocycles. The van der Waals surface area contributed by atoms with Crippen molar-refractivity contribution < 1.29 is 33.8 Å². The van der Waals surface area contributed by atoms with E-state index in [0.717, 1.165) is 5.56 Å². The fourth-order valence-corrected chi connectivity index (χ4v) is 2.79. The lowest BCUT2D eigenvalue weighted by molar-refractivity contribution is -0.141. The van der Waals surface area contributed by atoms with Gasteiger partial charge in [-0.05, 0) is 26.2 Å². The molecule has 0 saturated heterocycles. The highest BCUT2D eigenvalue weighted by Crippen LogP contribution is 2.08. The summed E-state index contributed by atoms with van der Waals surface area (Å²) in [6.45, 7) is 4.89. The van der Waals surface area contributed by atoms with Gasteiger partial charge in [0, 0.05) is 38.0 Å². The average molecular weight is 450 g/mol. The average Bonchev–Trinajstić information content (AvgIpc) is 2.77. The number of rotatable bonds is 18. The fraction of sp³-hybridized carbons (Fsp3) is 0.583. The van der Waals surface area contributed by atoms with E-state index in [1.807, 2.05) is 31.2 Å². The van der Waals surface area contributed by atoms with E-state index < -0.39 is 11.9 Å². The number of carbonyl (C=O) groups is 4. The highest BCUT2D eigenvalue weighted by Gasteiger charge is 2.12. The van der Waals surface area contributed by atoms with Crippen LogP contribution in [0.25, 0.3) is 0 Å². The van der Waals surface area contributed by atoms with Crippen molar-refractivity contribution in [3.8, 4) is 0 Å². The van der Waals surface area contributed by atoms with Crippen LogP contribution >= 0.6 is 0 Å². The third-order valence-corrected chi connectivity index (χ3v) is 4.90. The minimum absolute atomic E-state index is 0.0372. The Morgan fingerprint density at radius 3 is 2.31 bits per heavy atom. The predicted octanol–water partition coefficient (Wildman–Crippen LogP) is 2.96. The first-order chi connectivity index (χ1) is 15.3. The number of benzene rings is 1. The number of ether oxygens (including phenoxy) is 2. The van der Waals surface area contributed by atoms with E-state index in [-0.39, 0.29) is 37.1 Å². The molecule has 1 aromatic carbocycles. The summed E-state index contributed by atoms with van der Waals surface area (Å²) in [5, 5.41) is 11.5. The molecule has 8 nitrogen and oxygen atoms in total. The molecular formula is C24H35NO7. The molecule has 0 heterocycles. The van der Waals surface area contributed by atoms with Crippen molar-refractivity contribution in [2.24, 2.45) is 5.92 Å². The topological polar surface area (TPSA) is 119 Å². The number of nitrogens with one attached hydrogen (secondary N) is 1. The number of carbonyl (C=O) groups excluding carboxylic acids is 3. The van der Waals surface area contributed by atoms with Crippen molar-refractivity contribution in [1.82, 2.24) is 5.32 Å². The molecule has 0 saturated carbocycles. The maximum absolute atomic E-state index is 12.0. The Kier molecular flexibility index (Phi) is 13.8. The normalized spacial score (nSPS) is 11.7. The Morgan fingerprint density at radius 1 is 0.938 bits per heavy atom. The lowest BCUT2D eigenvalue weighted by Gasteiger charge is -2.08. The molecule has 0 radical (unpaired) electrons. The number of hydrogen-bond donors (Lipinski definition) is 2. The predicted molar refractivity (Wildman–Crippen MR) is 120 cm³/mol. The van der Waals surface area contributed by atoms with Gasteiger partial charge in [0.05, 0.1) is 19.1 Å². The minimum Gasteiger partial charge on any atom is -0.481 e. The van der Waals surface area contributed by atoms with Gasteiger partial charge in [-0.15, -0.1) is 0 Å². The first kappa shape index (κ1) is 27.5. The minimum atomic E-state index is -0.886. The molecule has 1 unspecified atom stereocenters. The zero-order chi connectivity index (χ0) is 23.8. The van der Waals surface area contributed by atoms with Crippen LogP contribution < -0.4 is 5.32 Å². The third-order valence-electron chi connectivity index (χ3n) is 4.90. The van der Waals surface area contributed by atoms with Crippen LogP contribution in [0.3, 0.4) is 0 Å². The summed E-state index contributed by atoms with van der Waals surface area (Å²) in [7, 11) is 0. The molecule has 0 aliphatic heterocycles. The highest BCUT2D eigenvalue weighted by atomic mass is 16.5. The molecule has 0 spiro atoms. The monoisotopic (exact) mass is 449 g/mol. The molecule has 1 aromatic rings. The van der Waals surface area contributed by atoms with Crippen LogP contribution in [0.5, 0.6) is 0 Å². The van der Waals surface area contributed by atoms with Crippen LogP contribution in [0.2, 0.25) is 0 Å². The number of amides is 1. The number of carboxylic acid groups (broad SMARTS) is 1. The second-order valence-corrected chi connectivity index (χ2v) is 7.83. The number of aliphatic carboxylic acids is 1. The van der Waals surface area contributed by atoms with Gasteiger partial charge in [-0.25, -0.2) is 0 Å². The zero-order valence-corrected chi connectivity index (χ0v) is 19.1. The van der Waals surface area contributed by atoms with Gasteiger partial charge in [0.15, 0.2) is 5.78 Å². The molecule has 1 atom stereocenters. The van der Waals surface area contributed by atoms with E-state index in [0.29, 0.717) is 57.4 Å². The first-order valence-corrected chi connectivity index (χ1v) is 11.1. The van der Waals surface area contributed by atoms with Crippen LogP contribution in [0.1, 0.15) is 61.4 Å². The molecule has 1 amide bonds. The van der Waals surface area contributed by atoms with Gasteiger partial charge in [0.1, 0.15) is 12.4 Å². The highest BCUT2D eigenvalue weighted by molar-refractivity contribution is 5.96. The van der Waals surface area contributed by atoms with Gasteiger partial charge >= 0.3 is 5.97 Å². The summed E-state index contributed by atoms with van der Waals surface area (Å²) < 4.78 is 10.6. The first-order valence-electron chi connectivity index (χ1n) is 11.1. The van der Waals surface area contributed by atoms with Crippen LogP contribution in [0.4, 0.5) is 0 Å². The molecule has 1 rings (SSSR count). The quantitative estimate of drug-likeness (QED) is 0.261. The molecule has 8 heteroatoms. The Labute approximate surface area is 189 Å². The zero-order valence-electron chi connectivity index (χ0n) is 19.1. The smallest absolute Gasteiger partial charge is 0.306 e. The molecule has 0 fully saturated rings. The van der Waals surface area contributed by atoms with Crippen molar-refractivity contribution >= 4 is 23.4 Å². The Balaban J connectivity index is 1.94. The van der Waals surface area contributed by atoms with Gasteiger partial charge in [-0.3, -0.25) is 19.2 Å². The Hall–Kier alpha value is -2.58. The molecule has 0 aliphatic rings. The van der Waals surface area contributed by atoms with Crippen LogP contribution in [-0.2, 0) is 23.9 Å². The summed E-state index contributed by atoms with van der Waals surface area (Å²) in [4.78, 5) is 46.2. The van der Waals surface area contributed by atoms with E-state index >= 15 is 0 Å². The summed E-state index contributed by atoms with van der Waals surface area (Å²) in [6, 6.07) is 7.43. The van der Waals surface area contributed by atoms with E-state index in [1.165, 1.54) is 0 Å². The Morgan fingerprint density at radius 2 is 1.62 bits per heavy atom. The van der Waals surface area contributed by atoms with Crippen molar-refractivity contribution in [2.45, 2.75) is 52.4 Å². The lowest BCUT2D eigenvalue weighted by Crippen LogP contribution is -2.29. The van der Waals surface area contributed by atoms with Crippen molar-refractivity contribution in [1.29, 1.82) is 0 Å². The van der Waals surface area contributed by atoms with Gasteiger partial charge < -0.3 is 19.9 Å². The maximum Gasteiger partial charge on any atom is 0.306 e. The summed E-state index contributed by atoms with van der Waals surface area (Å²) >= 11 is 0. The molecule has 32 heavy (non-hydrogen) atoms. The second kappa shape index (κ2) is 16.1. The number of carboxylic acids is 1. The van der Waals surface area contributed by atoms with E-state index in [1.54, 1.807) is 6.92 Å². The summed E-state index contributed by atoms with van der Waals surface area (Å²) in [5.74, 6) is -1.54. The Bertz CT molecular complexity index is 730. The number of hydrogen-bond acceptors (Lipinski definition) is 6. The van der Waals surface area contributed by atoms with Gasteiger partial charge in [0.25, 0.3) is 0 Å². The van der Waals surface area contributed by atoms with Gasteiger partial charge in [0.2, 0.25) is 5.91 Å². The second-order valence-electron chi connectivity index (χ2n) is 7.83. The van der Waals surface area contributed by atoms with E-state index in [4.69, 9.17) is 14.6 Å². The third kappa shape index (κ3) is 13.0. The lowest BCUT2D eigenvalue weighted by atomic mass is 10.0. The van der Waals surface area contributed by atoms with Crippen LogP contribution in [-0.4, -0.2) is 61.5 Å². The summed E-state index contributed by atoms with van der Waals surface area (Å²) in [6.07, 6.45) is 2.50. The molecule has 178 valence electrons. The van der Waals surface area contributed by atoms with Crippen LogP contribution in [0, 0.1) is 12.8 Å². The van der Waals surface area contributed by atoms with Gasteiger partial charge in [-0.1, -0.05) is 36.8 Å². The summed E-state index contributed by atoms with van der Waals surface area (Å²) in [5.41, 5.74) is 1.79. The fourth-order valence-electron chi connectivity index (χ4n) is 2.79. The maximum atomic E-state index is 12.0. The van der Waals surface area contributed by atoms with E-state index in [9.17, 15) is 19.2 Å². The van der Waals surface area contributed by atoms with E-state index in [2.05, 4.69) is 5.32 Å².